The molecule has 0 radical (unpaired) electrons. The van der Waals surface area contributed by atoms with Crippen molar-refractivity contribution < 1.29 is 27.9 Å². The van der Waals surface area contributed by atoms with E-state index in [0.29, 0.717) is 50.8 Å². The highest BCUT2D eigenvalue weighted by Crippen LogP contribution is 2.38. The number of ether oxygens (including phenoxy) is 2. The van der Waals surface area contributed by atoms with Gasteiger partial charge in [0.2, 0.25) is 5.91 Å². The Kier molecular flexibility index (Phi) is 7.28. The van der Waals surface area contributed by atoms with Gasteiger partial charge in [-0.25, -0.2) is 4.39 Å². The first kappa shape index (κ1) is 25.0. The van der Waals surface area contributed by atoms with Crippen molar-refractivity contribution in [2.24, 2.45) is 5.92 Å². The van der Waals surface area contributed by atoms with E-state index in [4.69, 9.17) is 13.9 Å². The zero-order valence-electron chi connectivity index (χ0n) is 21.1. The predicted molar refractivity (Wildman–Crippen MR) is 135 cm³/mol. The average molecular weight is 507 g/mol. The zero-order valence-corrected chi connectivity index (χ0v) is 21.1. The van der Waals surface area contributed by atoms with Gasteiger partial charge in [-0.05, 0) is 59.5 Å². The number of carbonyl (C=O) groups excluding carboxylic acids is 2. The summed E-state index contributed by atoms with van der Waals surface area (Å²) in [6, 6.07) is 15.2. The molecule has 37 heavy (non-hydrogen) atoms. The Morgan fingerprint density at radius 1 is 1.05 bits per heavy atom. The smallest absolute Gasteiger partial charge is 0.289 e. The Labute approximate surface area is 215 Å². The second-order valence-corrected chi connectivity index (χ2v) is 9.71. The van der Waals surface area contributed by atoms with Gasteiger partial charge in [0.1, 0.15) is 23.9 Å². The summed E-state index contributed by atoms with van der Waals surface area (Å²) < 4.78 is 31.3. The number of amides is 2. The Morgan fingerprint density at radius 3 is 2.62 bits per heavy atom. The van der Waals surface area contributed by atoms with Crippen molar-refractivity contribution >= 4 is 11.8 Å². The minimum Gasteiger partial charge on any atom is -0.486 e. The summed E-state index contributed by atoms with van der Waals surface area (Å²) in [7, 11) is 0. The number of fused-ring (bicyclic) bond motifs is 1. The first-order chi connectivity index (χ1) is 17.9. The fourth-order valence-electron chi connectivity index (χ4n) is 4.94. The Bertz CT molecular complexity index is 1280. The quantitative estimate of drug-likeness (QED) is 0.489. The van der Waals surface area contributed by atoms with Crippen molar-refractivity contribution in [2.75, 3.05) is 32.8 Å². The molecule has 1 fully saturated rings. The Hall–Kier alpha value is -3.65. The molecular weight excluding hydrogens is 475 g/mol. The van der Waals surface area contributed by atoms with Crippen molar-refractivity contribution in [3.8, 4) is 5.75 Å². The molecule has 8 heteroatoms. The molecule has 0 bridgehead atoms. The number of nitrogens with zero attached hydrogens (tertiary/aromatic N) is 2. The lowest BCUT2D eigenvalue weighted by Gasteiger charge is -2.39. The first-order valence-electron chi connectivity index (χ1n) is 12.7. The van der Waals surface area contributed by atoms with Crippen molar-refractivity contribution in [3.05, 3.63) is 88.6 Å². The van der Waals surface area contributed by atoms with Crippen LogP contribution in [0.3, 0.4) is 0 Å². The van der Waals surface area contributed by atoms with Gasteiger partial charge in [-0.2, -0.15) is 0 Å². The molecule has 2 aromatic carbocycles. The summed E-state index contributed by atoms with van der Waals surface area (Å²) in [6.07, 6.45) is 0.713. The number of hydrogen-bond donors (Lipinski definition) is 0. The van der Waals surface area contributed by atoms with E-state index in [2.05, 4.69) is 0 Å². The lowest BCUT2D eigenvalue weighted by atomic mass is 9.87. The minimum absolute atomic E-state index is 0.0271. The number of hydrogen-bond acceptors (Lipinski definition) is 5. The van der Waals surface area contributed by atoms with Crippen LogP contribution in [0.25, 0.3) is 0 Å². The third-order valence-electron chi connectivity index (χ3n) is 6.84. The maximum atomic E-state index is 14.2. The number of carbonyl (C=O) groups is 2. The summed E-state index contributed by atoms with van der Waals surface area (Å²) in [5.74, 6) is 0.777. The van der Waals surface area contributed by atoms with Crippen LogP contribution in [-0.4, -0.2) is 54.5 Å². The van der Waals surface area contributed by atoms with Crippen molar-refractivity contribution in [2.45, 2.75) is 32.9 Å². The molecule has 3 heterocycles. The maximum Gasteiger partial charge on any atom is 0.289 e. The van der Waals surface area contributed by atoms with Gasteiger partial charge in [0, 0.05) is 25.6 Å². The third kappa shape index (κ3) is 5.39. The van der Waals surface area contributed by atoms with Gasteiger partial charge in [0.05, 0.1) is 19.3 Å². The standard InChI is InChI=1S/C29H31FN2O5/c1-19(2)28(33)32-11-10-20-6-7-23(17-25(20)27(32)21-4-3-5-22(30)16-21)36-18-24-8-9-26(37-24)29(34)31-12-14-35-15-13-31/h3-9,16-17,19,27H,10-15,18H2,1-2H3/t27-/m0/s1. The van der Waals surface area contributed by atoms with E-state index in [-0.39, 0.29) is 35.9 Å². The third-order valence-corrected chi connectivity index (χ3v) is 6.84. The molecule has 2 aliphatic rings. The molecule has 2 aliphatic heterocycles. The van der Waals surface area contributed by atoms with E-state index >= 15 is 0 Å². The molecule has 5 rings (SSSR count). The van der Waals surface area contributed by atoms with Gasteiger partial charge >= 0.3 is 0 Å². The highest BCUT2D eigenvalue weighted by Gasteiger charge is 2.33. The van der Waals surface area contributed by atoms with Gasteiger partial charge in [0.25, 0.3) is 5.91 Å². The second-order valence-electron chi connectivity index (χ2n) is 9.71. The number of halogens is 1. The van der Waals surface area contributed by atoms with Crippen LogP contribution in [-0.2, 0) is 22.6 Å². The van der Waals surface area contributed by atoms with Crippen molar-refractivity contribution in [1.82, 2.24) is 9.80 Å². The summed E-state index contributed by atoms with van der Waals surface area (Å²) in [4.78, 5) is 29.3. The summed E-state index contributed by atoms with van der Waals surface area (Å²) in [6.45, 7) is 6.61. The second kappa shape index (κ2) is 10.8. The lowest BCUT2D eigenvalue weighted by molar-refractivity contribution is -0.136. The topological polar surface area (TPSA) is 72.2 Å². The maximum absolute atomic E-state index is 14.2. The zero-order chi connectivity index (χ0) is 25.9. The summed E-state index contributed by atoms with van der Waals surface area (Å²) in [5, 5.41) is 0. The van der Waals surface area contributed by atoms with Crippen LogP contribution in [0.15, 0.2) is 59.0 Å². The molecule has 1 saturated heterocycles. The molecule has 0 N–H and O–H groups in total. The highest BCUT2D eigenvalue weighted by atomic mass is 19.1. The fraction of sp³-hybridized carbons (Fsp3) is 0.379. The molecule has 1 atom stereocenters. The van der Waals surface area contributed by atoms with Crippen LogP contribution in [0, 0.1) is 11.7 Å². The average Bonchev–Trinajstić information content (AvgIpc) is 3.40. The largest absolute Gasteiger partial charge is 0.486 e. The van der Waals surface area contributed by atoms with Gasteiger partial charge in [-0.3, -0.25) is 9.59 Å². The molecule has 3 aromatic rings. The molecule has 0 spiro atoms. The van der Waals surface area contributed by atoms with Crippen molar-refractivity contribution in [1.29, 1.82) is 0 Å². The van der Waals surface area contributed by atoms with Crippen LogP contribution in [0.5, 0.6) is 5.75 Å². The molecule has 0 aliphatic carbocycles. The van der Waals surface area contributed by atoms with E-state index in [1.54, 1.807) is 23.1 Å². The van der Waals surface area contributed by atoms with Gasteiger partial charge in [-0.15, -0.1) is 0 Å². The number of rotatable bonds is 6. The highest BCUT2D eigenvalue weighted by molar-refractivity contribution is 5.91. The van der Waals surface area contributed by atoms with Gasteiger partial charge in [-0.1, -0.05) is 32.0 Å². The molecule has 1 aromatic heterocycles. The van der Waals surface area contributed by atoms with Gasteiger partial charge < -0.3 is 23.7 Å². The summed E-state index contributed by atoms with van der Waals surface area (Å²) in [5.41, 5.74) is 2.75. The van der Waals surface area contributed by atoms with E-state index in [0.717, 1.165) is 16.7 Å². The van der Waals surface area contributed by atoms with E-state index in [1.807, 2.05) is 43.0 Å². The molecule has 7 nitrogen and oxygen atoms in total. The Morgan fingerprint density at radius 2 is 1.86 bits per heavy atom. The number of furan rings is 1. The minimum atomic E-state index is -0.403. The Balaban J connectivity index is 1.36. The number of benzene rings is 2. The molecule has 0 saturated carbocycles. The molecule has 194 valence electrons. The van der Waals surface area contributed by atoms with Gasteiger partial charge in [0.15, 0.2) is 5.76 Å². The van der Waals surface area contributed by atoms with Crippen LogP contribution < -0.4 is 4.74 Å². The molecule has 0 unspecified atom stereocenters. The van der Waals surface area contributed by atoms with E-state index < -0.39 is 6.04 Å². The monoisotopic (exact) mass is 506 g/mol. The van der Waals surface area contributed by atoms with Crippen LogP contribution in [0.2, 0.25) is 0 Å². The van der Waals surface area contributed by atoms with E-state index in [1.165, 1.54) is 12.1 Å². The molecule has 2 amide bonds. The predicted octanol–water partition coefficient (Wildman–Crippen LogP) is 4.60. The normalized spacial score (nSPS) is 17.6. The molecular formula is C29H31FN2O5. The first-order valence-corrected chi connectivity index (χ1v) is 12.7. The summed E-state index contributed by atoms with van der Waals surface area (Å²) >= 11 is 0. The lowest BCUT2D eigenvalue weighted by Crippen LogP contribution is -2.42. The fourth-order valence-corrected chi connectivity index (χ4v) is 4.94. The van der Waals surface area contributed by atoms with Crippen LogP contribution in [0.4, 0.5) is 4.39 Å². The van der Waals surface area contributed by atoms with Crippen LogP contribution >= 0.6 is 0 Å². The van der Waals surface area contributed by atoms with Crippen molar-refractivity contribution in [3.63, 3.8) is 0 Å². The van der Waals surface area contributed by atoms with E-state index in [9.17, 15) is 14.0 Å². The number of morpholine rings is 1. The SMILES string of the molecule is CC(C)C(=O)N1CCc2ccc(OCc3ccc(C(=O)N4CCOCC4)o3)cc2[C@@H]1c1cccc(F)c1. The van der Waals surface area contributed by atoms with Crippen LogP contribution in [0.1, 0.15) is 52.9 Å².